The smallest absolute Gasteiger partial charge is 0.137 e. The molecular weight excluding hydrogens is 228 g/mol. The van der Waals surface area contributed by atoms with Crippen molar-refractivity contribution in [3.05, 3.63) is 60.6 Å². The molecule has 4 heteroatoms. The number of benzene rings is 1. The van der Waals surface area contributed by atoms with E-state index in [9.17, 15) is 0 Å². The molecule has 0 saturated carbocycles. The Labute approximate surface area is 104 Å². The summed E-state index contributed by atoms with van der Waals surface area (Å²) in [4.78, 5) is 4.43. The Morgan fingerprint density at radius 2 is 1.94 bits per heavy atom. The van der Waals surface area contributed by atoms with Gasteiger partial charge in [-0.15, -0.1) is 0 Å². The van der Waals surface area contributed by atoms with E-state index in [1.807, 2.05) is 35.0 Å². The highest BCUT2D eigenvalue weighted by Gasteiger charge is 2.01. The summed E-state index contributed by atoms with van der Waals surface area (Å²) < 4.78 is 7.54. The first kappa shape index (κ1) is 10.7. The monoisotopic (exact) mass is 240 g/mol. The van der Waals surface area contributed by atoms with Gasteiger partial charge in [-0.1, -0.05) is 6.07 Å². The fraction of sp³-hybridized carbons (Fsp3) is 0.0714. The molecule has 3 rings (SSSR count). The maximum atomic E-state index is 9.17. The van der Waals surface area contributed by atoms with Crippen LogP contribution in [0.15, 0.2) is 54.9 Å². The molecule has 2 heterocycles. The molecule has 18 heavy (non-hydrogen) atoms. The van der Waals surface area contributed by atoms with Gasteiger partial charge in [0, 0.05) is 12.4 Å². The molecule has 1 aromatic carbocycles. The third-order valence-corrected chi connectivity index (χ3v) is 2.64. The number of phenolic OH excluding ortho intramolecular Hbond substituents is 1. The second-order valence-corrected chi connectivity index (χ2v) is 3.98. The van der Waals surface area contributed by atoms with Gasteiger partial charge < -0.3 is 14.2 Å². The molecule has 0 aliphatic rings. The molecule has 0 bridgehead atoms. The molecule has 0 aliphatic heterocycles. The van der Waals surface area contributed by atoms with Crippen LogP contribution in [0.4, 0.5) is 0 Å². The fourth-order valence-corrected chi connectivity index (χ4v) is 1.76. The van der Waals surface area contributed by atoms with Crippen molar-refractivity contribution in [3.8, 4) is 11.5 Å². The molecule has 90 valence electrons. The summed E-state index contributed by atoms with van der Waals surface area (Å²) in [5.41, 5.74) is 1.77. The molecule has 0 amide bonds. The van der Waals surface area contributed by atoms with E-state index in [-0.39, 0.29) is 5.75 Å². The molecule has 0 fully saturated rings. The average Bonchev–Trinajstić information content (AvgIpc) is 2.81. The van der Waals surface area contributed by atoms with E-state index < -0.39 is 0 Å². The number of nitrogens with zero attached hydrogens (tertiary/aromatic N) is 2. The van der Waals surface area contributed by atoms with Crippen molar-refractivity contribution in [2.24, 2.45) is 0 Å². The zero-order valence-electron chi connectivity index (χ0n) is 9.65. The number of pyridine rings is 1. The molecule has 4 nitrogen and oxygen atoms in total. The summed E-state index contributed by atoms with van der Waals surface area (Å²) in [5.74, 6) is 0.944. The number of aromatic hydroxyl groups is 1. The Bertz CT molecular complexity index is 626. The molecule has 0 aliphatic carbocycles. The Morgan fingerprint density at radius 3 is 2.72 bits per heavy atom. The van der Waals surface area contributed by atoms with Gasteiger partial charge in [0.15, 0.2) is 0 Å². The first-order valence-corrected chi connectivity index (χ1v) is 5.66. The van der Waals surface area contributed by atoms with E-state index in [0.717, 1.165) is 11.3 Å². The van der Waals surface area contributed by atoms with E-state index in [2.05, 4.69) is 4.98 Å². The molecule has 0 unspecified atom stereocenters. The van der Waals surface area contributed by atoms with Crippen LogP contribution in [0, 0.1) is 0 Å². The van der Waals surface area contributed by atoms with Gasteiger partial charge in [-0.25, -0.2) is 4.98 Å². The van der Waals surface area contributed by atoms with Gasteiger partial charge in [0.1, 0.15) is 23.8 Å². The van der Waals surface area contributed by atoms with E-state index in [4.69, 9.17) is 9.84 Å². The van der Waals surface area contributed by atoms with Gasteiger partial charge in [-0.3, -0.25) is 0 Å². The highest BCUT2D eigenvalue weighted by molar-refractivity contribution is 5.39. The van der Waals surface area contributed by atoms with E-state index in [1.54, 1.807) is 24.3 Å². The number of hydrogen-bond acceptors (Lipinski definition) is 3. The zero-order chi connectivity index (χ0) is 12.4. The van der Waals surface area contributed by atoms with Gasteiger partial charge in [-0.05, 0) is 36.4 Å². The van der Waals surface area contributed by atoms with Crippen LogP contribution in [0.2, 0.25) is 0 Å². The minimum atomic E-state index is 0.232. The van der Waals surface area contributed by atoms with E-state index in [1.165, 1.54) is 0 Å². The second-order valence-electron chi connectivity index (χ2n) is 3.98. The van der Waals surface area contributed by atoms with Gasteiger partial charge in [0.05, 0.1) is 5.69 Å². The van der Waals surface area contributed by atoms with Gasteiger partial charge in [0.25, 0.3) is 0 Å². The summed E-state index contributed by atoms with van der Waals surface area (Å²) in [6.07, 6.45) is 3.89. The lowest BCUT2D eigenvalue weighted by molar-refractivity contribution is 0.301. The molecule has 0 spiro atoms. The van der Waals surface area contributed by atoms with E-state index >= 15 is 0 Å². The Morgan fingerprint density at radius 1 is 1.11 bits per heavy atom. The van der Waals surface area contributed by atoms with Gasteiger partial charge in [0.2, 0.25) is 0 Å². The summed E-state index contributed by atoms with van der Waals surface area (Å²) in [5, 5.41) is 9.17. The van der Waals surface area contributed by atoms with Crippen molar-refractivity contribution in [1.82, 2.24) is 9.38 Å². The Hall–Kier alpha value is -2.49. The molecule has 1 N–H and O–H groups in total. The van der Waals surface area contributed by atoms with Crippen LogP contribution in [-0.4, -0.2) is 14.5 Å². The Balaban J connectivity index is 1.74. The fourth-order valence-electron chi connectivity index (χ4n) is 1.76. The van der Waals surface area contributed by atoms with Crippen molar-refractivity contribution in [3.63, 3.8) is 0 Å². The number of imidazole rings is 1. The molecule has 0 saturated heterocycles. The van der Waals surface area contributed by atoms with E-state index in [0.29, 0.717) is 12.4 Å². The number of aromatic nitrogens is 2. The molecular formula is C14H12N2O2. The predicted molar refractivity (Wildman–Crippen MR) is 67.6 cm³/mol. The van der Waals surface area contributed by atoms with Crippen molar-refractivity contribution in [2.75, 3.05) is 0 Å². The number of hydrogen-bond donors (Lipinski definition) is 1. The topological polar surface area (TPSA) is 46.8 Å². The second kappa shape index (κ2) is 4.41. The third-order valence-electron chi connectivity index (χ3n) is 2.64. The lowest BCUT2D eigenvalue weighted by Crippen LogP contribution is -1.95. The summed E-state index contributed by atoms with van der Waals surface area (Å²) in [6, 6.07) is 12.5. The molecule has 2 aromatic heterocycles. The third kappa shape index (κ3) is 2.13. The van der Waals surface area contributed by atoms with Crippen LogP contribution in [0.1, 0.15) is 5.69 Å². The number of phenols is 1. The maximum Gasteiger partial charge on any atom is 0.137 e. The van der Waals surface area contributed by atoms with Crippen LogP contribution in [0.3, 0.4) is 0 Å². The highest BCUT2D eigenvalue weighted by Crippen LogP contribution is 2.17. The summed E-state index contributed by atoms with van der Waals surface area (Å²) >= 11 is 0. The largest absolute Gasteiger partial charge is 0.508 e. The van der Waals surface area contributed by atoms with Crippen LogP contribution in [-0.2, 0) is 6.61 Å². The number of fused-ring (bicyclic) bond motifs is 1. The highest BCUT2D eigenvalue weighted by atomic mass is 16.5. The quantitative estimate of drug-likeness (QED) is 0.765. The predicted octanol–water partition coefficient (Wildman–Crippen LogP) is 2.62. The van der Waals surface area contributed by atoms with Crippen molar-refractivity contribution < 1.29 is 9.84 Å². The SMILES string of the molecule is Oc1ccc(OCc2cn3ccccc3n2)cc1. The van der Waals surface area contributed by atoms with Crippen molar-refractivity contribution in [1.29, 1.82) is 0 Å². The van der Waals surface area contributed by atoms with Gasteiger partial charge in [-0.2, -0.15) is 0 Å². The van der Waals surface area contributed by atoms with Crippen LogP contribution in [0.5, 0.6) is 11.5 Å². The minimum absolute atomic E-state index is 0.232. The van der Waals surface area contributed by atoms with Gasteiger partial charge >= 0.3 is 0 Å². The zero-order valence-corrected chi connectivity index (χ0v) is 9.65. The summed E-state index contributed by atoms with van der Waals surface area (Å²) in [7, 11) is 0. The molecule has 3 aromatic rings. The van der Waals surface area contributed by atoms with Crippen LogP contribution < -0.4 is 4.74 Å². The van der Waals surface area contributed by atoms with Crippen LogP contribution >= 0.6 is 0 Å². The Kier molecular flexibility index (Phi) is 2.61. The minimum Gasteiger partial charge on any atom is -0.508 e. The molecule has 0 radical (unpaired) electrons. The first-order chi connectivity index (χ1) is 8.81. The standard InChI is InChI=1S/C14H12N2O2/c17-12-4-6-13(7-5-12)18-10-11-9-16-8-2-1-3-14(16)15-11/h1-9,17H,10H2. The maximum absolute atomic E-state index is 9.17. The normalized spacial score (nSPS) is 10.7. The lowest BCUT2D eigenvalue weighted by atomic mass is 10.3. The van der Waals surface area contributed by atoms with Crippen molar-refractivity contribution >= 4 is 5.65 Å². The van der Waals surface area contributed by atoms with Crippen molar-refractivity contribution in [2.45, 2.75) is 6.61 Å². The first-order valence-electron chi connectivity index (χ1n) is 5.66. The van der Waals surface area contributed by atoms with Crippen LogP contribution in [0.25, 0.3) is 5.65 Å². The number of ether oxygens (including phenoxy) is 1. The molecule has 0 atom stereocenters. The lowest BCUT2D eigenvalue weighted by Gasteiger charge is -2.03. The summed E-state index contributed by atoms with van der Waals surface area (Å²) in [6.45, 7) is 0.409. The average molecular weight is 240 g/mol. The number of rotatable bonds is 3.